The van der Waals surface area contributed by atoms with E-state index in [1.54, 1.807) is 4.90 Å². The van der Waals surface area contributed by atoms with Crippen molar-refractivity contribution in [2.75, 3.05) is 29.9 Å². The fraction of sp³-hybridized carbons (Fsp3) is 0.423. The molecular formula is C26H32N4O3. The van der Waals surface area contributed by atoms with Crippen molar-refractivity contribution in [1.82, 2.24) is 4.90 Å². The number of rotatable bonds is 6. The number of anilines is 2. The summed E-state index contributed by atoms with van der Waals surface area (Å²) >= 11 is 0. The first-order valence-corrected chi connectivity index (χ1v) is 11.6. The number of nitrogens with one attached hydrogen (secondary N) is 1. The summed E-state index contributed by atoms with van der Waals surface area (Å²) in [7, 11) is 0. The SMILES string of the molecule is Cc1cccc(N2CC(C(=O)Nc3ccc(CN4CCCC(C(N)=O)C4)cc3)CC2=O)c1C. The maximum Gasteiger partial charge on any atom is 0.229 e. The number of amides is 3. The summed E-state index contributed by atoms with van der Waals surface area (Å²) < 4.78 is 0. The lowest BCUT2D eigenvalue weighted by molar-refractivity contribution is -0.123. The Balaban J connectivity index is 1.34. The number of hydrogen-bond donors (Lipinski definition) is 2. The summed E-state index contributed by atoms with van der Waals surface area (Å²) in [6.45, 7) is 6.82. The van der Waals surface area contributed by atoms with E-state index in [-0.39, 0.29) is 36.0 Å². The first-order chi connectivity index (χ1) is 15.8. The average molecular weight is 449 g/mol. The van der Waals surface area contributed by atoms with Gasteiger partial charge in [-0.25, -0.2) is 0 Å². The minimum absolute atomic E-state index is 0.0185. The summed E-state index contributed by atoms with van der Waals surface area (Å²) in [5.74, 6) is -0.829. The zero-order chi connectivity index (χ0) is 23.5. The molecule has 2 fully saturated rings. The average Bonchev–Trinajstić information content (AvgIpc) is 3.19. The van der Waals surface area contributed by atoms with Gasteiger partial charge in [0.25, 0.3) is 0 Å². The largest absolute Gasteiger partial charge is 0.369 e. The van der Waals surface area contributed by atoms with Gasteiger partial charge in [-0.05, 0) is 68.1 Å². The number of primary amides is 1. The molecule has 4 rings (SSSR count). The molecule has 174 valence electrons. The second-order valence-electron chi connectivity index (χ2n) is 9.29. The van der Waals surface area contributed by atoms with Crippen molar-refractivity contribution in [3.8, 4) is 0 Å². The lowest BCUT2D eigenvalue weighted by atomic mass is 9.97. The summed E-state index contributed by atoms with van der Waals surface area (Å²) in [6, 6.07) is 13.7. The number of nitrogens with two attached hydrogens (primary N) is 1. The summed E-state index contributed by atoms with van der Waals surface area (Å²) in [6.07, 6.45) is 2.05. The molecule has 7 nitrogen and oxygen atoms in total. The fourth-order valence-electron chi connectivity index (χ4n) is 4.77. The van der Waals surface area contributed by atoms with Gasteiger partial charge in [-0.3, -0.25) is 19.3 Å². The van der Waals surface area contributed by atoms with Crippen LogP contribution in [0.15, 0.2) is 42.5 Å². The van der Waals surface area contributed by atoms with E-state index in [1.807, 2.05) is 56.3 Å². The van der Waals surface area contributed by atoms with Gasteiger partial charge < -0.3 is 16.0 Å². The molecule has 7 heteroatoms. The predicted octanol–water partition coefficient (Wildman–Crippen LogP) is 2.99. The molecule has 3 N–H and O–H groups in total. The molecule has 0 saturated carbocycles. The predicted molar refractivity (Wildman–Crippen MR) is 129 cm³/mol. The normalized spacial score (nSPS) is 21.3. The van der Waals surface area contributed by atoms with Crippen LogP contribution in [0.5, 0.6) is 0 Å². The van der Waals surface area contributed by atoms with Gasteiger partial charge >= 0.3 is 0 Å². The van der Waals surface area contributed by atoms with Crippen molar-refractivity contribution in [3.63, 3.8) is 0 Å². The molecule has 0 spiro atoms. The Labute approximate surface area is 194 Å². The van der Waals surface area contributed by atoms with Gasteiger partial charge in [0.2, 0.25) is 17.7 Å². The summed E-state index contributed by atoms with van der Waals surface area (Å²) in [5.41, 5.74) is 10.4. The van der Waals surface area contributed by atoms with Gasteiger partial charge in [0.15, 0.2) is 0 Å². The molecular weight excluding hydrogens is 416 g/mol. The number of piperidine rings is 1. The number of aryl methyl sites for hydroxylation is 1. The van der Waals surface area contributed by atoms with Crippen molar-refractivity contribution in [3.05, 3.63) is 59.2 Å². The molecule has 2 aliphatic heterocycles. The Kier molecular flexibility index (Phi) is 6.79. The van der Waals surface area contributed by atoms with Crippen molar-refractivity contribution >= 4 is 29.1 Å². The Morgan fingerprint density at radius 2 is 1.82 bits per heavy atom. The third kappa shape index (κ3) is 5.25. The Hall–Kier alpha value is -3.19. The van der Waals surface area contributed by atoms with Crippen LogP contribution in [-0.2, 0) is 20.9 Å². The maximum atomic E-state index is 12.8. The van der Waals surface area contributed by atoms with Gasteiger partial charge in [0, 0.05) is 37.4 Å². The van der Waals surface area contributed by atoms with Crippen LogP contribution in [0.25, 0.3) is 0 Å². The van der Waals surface area contributed by atoms with E-state index in [1.165, 1.54) is 0 Å². The molecule has 2 heterocycles. The molecule has 2 atom stereocenters. The van der Waals surface area contributed by atoms with E-state index in [9.17, 15) is 14.4 Å². The number of carbonyl (C=O) groups is 3. The number of carbonyl (C=O) groups excluding carboxylic acids is 3. The second kappa shape index (κ2) is 9.75. The van der Waals surface area contributed by atoms with Crippen LogP contribution < -0.4 is 16.0 Å². The third-order valence-corrected chi connectivity index (χ3v) is 6.90. The highest BCUT2D eigenvalue weighted by Gasteiger charge is 2.35. The van der Waals surface area contributed by atoms with Crippen molar-refractivity contribution in [2.24, 2.45) is 17.6 Å². The Morgan fingerprint density at radius 1 is 1.06 bits per heavy atom. The molecule has 2 saturated heterocycles. The smallest absolute Gasteiger partial charge is 0.229 e. The van der Waals surface area contributed by atoms with Crippen LogP contribution >= 0.6 is 0 Å². The molecule has 2 aromatic rings. The lowest BCUT2D eigenvalue weighted by Gasteiger charge is -2.31. The first kappa shape index (κ1) is 23.0. The molecule has 0 aromatic heterocycles. The second-order valence-corrected chi connectivity index (χ2v) is 9.29. The Bertz CT molecular complexity index is 1050. The molecule has 2 aliphatic rings. The third-order valence-electron chi connectivity index (χ3n) is 6.90. The van der Waals surface area contributed by atoms with Crippen LogP contribution in [0.1, 0.15) is 36.0 Å². The van der Waals surface area contributed by atoms with E-state index in [0.29, 0.717) is 13.1 Å². The molecule has 2 aromatic carbocycles. The molecule has 0 aliphatic carbocycles. The van der Waals surface area contributed by atoms with Crippen LogP contribution in [0.4, 0.5) is 11.4 Å². The standard InChI is InChI=1S/C26H32N4O3/c1-17-5-3-7-23(18(17)2)30-16-21(13-24(30)31)26(33)28-22-10-8-19(9-11-22)14-29-12-4-6-20(15-29)25(27)32/h3,5,7-11,20-21H,4,6,12-16H2,1-2H3,(H2,27,32)(H,28,33). The zero-order valence-electron chi connectivity index (χ0n) is 19.3. The van der Waals surface area contributed by atoms with Gasteiger partial charge in [-0.2, -0.15) is 0 Å². The number of benzene rings is 2. The van der Waals surface area contributed by atoms with Gasteiger partial charge in [0.05, 0.1) is 11.8 Å². The Morgan fingerprint density at radius 3 is 2.55 bits per heavy atom. The van der Waals surface area contributed by atoms with E-state index < -0.39 is 0 Å². The maximum absolute atomic E-state index is 12.8. The quantitative estimate of drug-likeness (QED) is 0.710. The monoisotopic (exact) mass is 448 g/mol. The molecule has 0 radical (unpaired) electrons. The van der Waals surface area contributed by atoms with Crippen molar-refractivity contribution in [1.29, 1.82) is 0 Å². The van der Waals surface area contributed by atoms with Gasteiger partial charge in [-0.15, -0.1) is 0 Å². The zero-order valence-corrected chi connectivity index (χ0v) is 19.3. The van der Waals surface area contributed by atoms with E-state index in [0.717, 1.165) is 54.0 Å². The summed E-state index contributed by atoms with van der Waals surface area (Å²) in [4.78, 5) is 40.9. The van der Waals surface area contributed by atoms with Crippen LogP contribution in [0.2, 0.25) is 0 Å². The highest BCUT2D eigenvalue weighted by atomic mass is 16.2. The van der Waals surface area contributed by atoms with E-state index >= 15 is 0 Å². The van der Waals surface area contributed by atoms with Crippen molar-refractivity contribution in [2.45, 2.75) is 39.7 Å². The molecule has 3 amide bonds. The summed E-state index contributed by atoms with van der Waals surface area (Å²) in [5, 5.41) is 2.96. The van der Waals surface area contributed by atoms with Crippen LogP contribution in [0.3, 0.4) is 0 Å². The van der Waals surface area contributed by atoms with Crippen LogP contribution in [0, 0.1) is 25.7 Å². The highest BCUT2D eigenvalue weighted by molar-refractivity contribution is 6.03. The number of nitrogens with zero attached hydrogens (tertiary/aromatic N) is 2. The minimum atomic E-state index is -0.379. The van der Waals surface area contributed by atoms with Crippen LogP contribution in [-0.4, -0.2) is 42.3 Å². The lowest BCUT2D eigenvalue weighted by Crippen LogP contribution is -2.40. The topological polar surface area (TPSA) is 95.7 Å². The van der Waals surface area contributed by atoms with Gasteiger partial charge in [0.1, 0.15) is 0 Å². The fourth-order valence-corrected chi connectivity index (χ4v) is 4.77. The van der Waals surface area contributed by atoms with E-state index in [4.69, 9.17) is 5.73 Å². The van der Waals surface area contributed by atoms with E-state index in [2.05, 4.69) is 10.2 Å². The molecule has 0 bridgehead atoms. The number of hydrogen-bond acceptors (Lipinski definition) is 4. The van der Waals surface area contributed by atoms with Gasteiger partial charge in [-0.1, -0.05) is 24.3 Å². The molecule has 2 unspecified atom stereocenters. The highest BCUT2D eigenvalue weighted by Crippen LogP contribution is 2.30. The molecule has 33 heavy (non-hydrogen) atoms. The minimum Gasteiger partial charge on any atom is -0.369 e. The number of likely N-dealkylation sites (tertiary alicyclic amines) is 1. The first-order valence-electron chi connectivity index (χ1n) is 11.6. The van der Waals surface area contributed by atoms with Crippen molar-refractivity contribution < 1.29 is 14.4 Å².